The van der Waals surface area contributed by atoms with Crippen LogP contribution < -0.4 is 10.2 Å². The molecule has 0 radical (unpaired) electrons. The molecule has 1 amide bonds. The molecule has 1 heterocycles. The zero-order valence-corrected chi connectivity index (χ0v) is 12.9. The molecule has 0 unspecified atom stereocenters. The number of hydrogen-bond acceptors (Lipinski definition) is 2. The van der Waals surface area contributed by atoms with Gasteiger partial charge in [-0.1, -0.05) is 0 Å². The summed E-state index contributed by atoms with van der Waals surface area (Å²) in [5.41, 5.74) is 1.42. The summed E-state index contributed by atoms with van der Waals surface area (Å²) in [4.78, 5) is 25.0. The third-order valence-corrected chi connectivity index (χ3v) is 4.31. The Labute approximate surface area is 126 Å². The van der Waals surface area contributed by atoms with Crippen LogP contribution in [0.4, 0.5) is 5.69 Å². The highest BCUT2D eigenvalue weighted by molar-refractivity contribution is 5.96. The van der Waals surface area contributed by atoms with Gasteiger partial charge in [-0.25, -0.2) is 0 Å². The summed E-state index contributed by atoms with van der Waals surface area (Å²) < 4.78 is 0. The van der Waals surface area contributed by atoms with E-state index in [1.165, 1.54) is 30.6 Å². The van der Waals surface area contributed by atoms with E-state index in [0.717, 1.165) is 18.8 Å². The number of nitrogens with one attached hydrogen (secondary N) is 2. The number of anilines is 1. The first-order chi connectivity index (χ1) is 10.1. The van der Waals surface area contributed by atoms with Crippen LogP contribution in [0, 0.1) is 0 Å². The van der Waals surface area contributed by atoms with Gasteiger partial charge < -0.3 is 10.2 Å². The summed E-state index contributed by atoms with van der Waals surface area (Å²) >= 11 is 0. The van der Waals surface area contributed by atoms with E-state index < -0.39 is 0 Å². The van der Waals surface area contributed by atoms with Crippen LogP contribution in [0.2, 0.25) is 0 Å². The topological polar surface area (TPSA) is 50.6 Å². The van der Waals surface area contributed by atoms with E-state index in [2.05, 4.69) is 5.32 Å². The van der Waals surface area contributed by atoms with Crippen molar-refractivity contribution < 1.29 is 14.5 Å². The fourth-order valence-electron chi connectivity index (χ4n) is 2.84. The molecule has 1 aromatic rings. The Morgan fingerprint density at radius 2 is 1.62 bits per heavy atom. The zero-order valence-electron chi connectivity index (χ0n) is 12.9. The molecule has 2 rings (SSSR count). The van der Waals surface area contributed by atoms with Crippen LogP contribution in [-0.2, 0) is 4.79 Å². The van der Waals surface area contributed by atoms with Gasteiger partial charge in [0.1, 0.15) is 0 Å². The highest BCUT2D eigenvalue weighted by atomic mass is 16.2. The fourth-order valence-corrected chi connectivity index (χ4v) is 2.84. The van der Waals surface area contributed by atoms with Crippen molar-refractivity contribution in [1.82, 2.24) is 0 Å². The maximum atomic E-state index is 12.3. The van der Waals surface area contributed by atoms with Crippen LogP contribution in [0.3, 0.4) is 0 Å². The number of Topliss-reactive ketones (excluding diaryl/α,β-unsaturated/α-hetero) is 1. The van der Waals surface area contributed by atoms with Gasteiger partial charge in [0.25, 0.3) is 5.91 Å². The van der Waals surface area contributed by atoms with E-state index >= 15 is 0 Å². The minimum atomic E-state index is -0.0319. The van der Waals surface area contributed by atoms with Crippen LogP contribution in [-0.4, -0.2) is 30.8 Å². The molecule has 1 aliphatic rings. The van der Waals surface area contributed by atoms with Gasteiger partial charge >= 0.3 is 0 Å². The Hall–Kier alpha value is -1.68. The standard InChI is InChI=1S/C17H24N2O2/c1-13(19-11-5-3-4-6-12-19)17(21)18-16-9-7-15(8-10-16)14(2)20/h7-10,13H,3-6,11-12H2,1-2H3,(H,18,21)/p+1/t13-/m1/s1. The molecule has 0 saturated carbocycles. The Kier molecular flexibility index (Phi) is 5.51. The van der Waals surface area contributed by atoms with Crippen LogP contribution in [0.5, 0.6) is 0 Å². The van der Waals surface area contributed by atoms with Gasteiger partial charge in [0, 0.05) is 11.3 Å². The van der Waals surface area contributed by atoms with E-state index in [1.807, 2.05) is 6.92 Å². The number of benzene rings is 1. The van der Waals surface area contributed by atoms with E-state index in [-0.39, 0.29) is 17.7 Å². The Bertz CT molecular complexity index is 488. The number of carbonyl (C=O) groups is 2. The molecule has 0 aliphatic carbocycles. The number of carbonyl (C=O) groups excluding carboxylic acids is 2. The number of ketones is 1. The van der Waals surface area contributed by atoms with Crippen molar-refractivity contribution in [3.05, 3.63) is 29.8 Å². The molecule has 0 aromatic heterocycles. The third-order valence-electron chi connectivity index (χ3n) is 4.31. The molecule has 1 aromatic carbocycles. The summed E-state index contributed by atoms with van der Waals surface area (Å²) in [6.45, 7) is 5.70. The minimum Gasteiger partial charge on any atom is -0.325 e. The lowest BCUT2D eigenvalue weighted by Gasteiger charge is -2.23. The second-order valence-corrected chi connectivity index (χ2v) is 5.92. The number of rotatable bonds is 4. The monoisotopic (exact) mass is 289 g/mol. The summed E-state index contributed by atoms with van der Waals surface area (Å²) in [6, 6.07) is 7.05. The first-order valence-corrected chi connectivity index (χ1v) is 7.84. The summed E-state index contributed by atoms with van der Waals surface area (Å²) in [7, 11) is 0. The first-order valence-electron chi connectivity index (χ1n) is 7.84. The maximum Gasteiger partial charge on any atom is 0.282 e. The lowest BCUT2D eigenvalue weighted by molar-refractivity contribution is -0.913. The van der Waals surface area contributed by atoms with Crippen molar-refractivity contribution in [2.75, 3.05) is 18.4 Å². The first kappa shape index (κ1) is 15.7. The van der Waals surface area contributed by atoms with Gasteiger partial charge in [-0.3, -0.25) is 9.59 Å². The van der Waals surface area contributed by atoms with E-state index in [1.54, 1.807) is 31.2 Å². The molecular formula is C17H25N2O2+. The smallest absolute Gasteiger partial charge is 0.282 e. The van der Waals surface area contributed by atoms with Crippen molar-refractivity contribution in [1.29, 1.82) is 0 Å². The summed E-state index contributed by atoms with van der Waals surface area (Å²) in [6.07, 6.45) is 4.98. The van der Waals surface area contributed by atoms with Crippen molar-refractivity contribution in [3.8, 4) is 0 Å². The number of quaternary nitrogens is 1. The van der Waals surface area contributed by atoms with Gasteiger partial charge in [0.2, 0.25) is 0 Å². The van der Waals surface area contributed by atoms with Gasteiger partial charge in [0.15, 0.2) is 11.8 Å². The average Bonchev–Trinajstić information content (AvgIpc) is 2.76. The Morgan fingerprint density at radius 1 is 1.05 bits per heavy atom. The number of hydrogen-bond donors (Lipinski definition) is 2. The molecule has 1 fully saturated rings. The Morgan fingerprint density at radius 3 is 2.14 bits per heavy atom. The lowest BCUT2D eigenvalue weighted by atomic mass is 10.1. The number of amides is 1. The van der Waals surface area contributed by atoms with Gasteiger partial charge in [-0.2, -0.15) is 0 Å². The normalized spacial score (nSPS) is 17.8. The highest BCUT2D eigenvalue weighted by Gasteiger charge is 2.25. The fraction of sp³-hybridized carbons (Fsp3) is 0.529. The predicted molar refractivity (Wildman–Crippen MR) is 83.7 cm³/mol. The molecule has 21 heavy (non-hydrogen) atoms. The molecule has 4 heteroatoms. The van der Waals surface area contributed by atoms with E-state index in [9.17, 15) is 9.59 Å². The molecule has 0 bridgehead atoms. The molecule has 114 valence electrons. The Balaban J connectivity index is 1.94. The van der Waals surface area contributed by atoms with Crippen molar-refractivity contribution in [2.45, 2.75) is 45.6 Å². The molecule has 4 nitrogen and oxygen atoms in total. The van der Waals surface area contributed by atoms with Gasteiger partial charge in [0.05, 0.1) is 13.1 Å². The van der Waals surface area contributed by atoms with Gasteiger partial charge in [-0.15, -0.1) is 0 Å². The number of likely N-dealkylation sites (tertiary alicyclic amines) is 1. The van der Waals surface area contributed by atoms with E-state index in [4.69, 9.17) is 0 Å². The second-order valence-electron chi connectivity index (χ2n) is 5.92. The highest BCUT2D eigenvalue weighted by Crippen LogP contribution is 2.10. The summed E-state index contributed by atoms with van der Waals surface area (Å²) in [5.74, 6) is 0.0951. The largest absolute Gasteiger partial charge is 0.325 e. The van der Waals surface area contributed by atoms with Crippen molar-refractivity contribution in [2.24, 2.45) is 0 Å². The second kappa shape index (κ2) is 7.36. The zero-order chi connectivity index (χ0) is 15.2. The van der Waals surface area contributed by atoms with Crippen LogP contribution in [0.15, 0.2) is 24.3 Å². The molecule has 1 saturated heterocycles. The van der Waals surface area contributed by atoms with Gasteiger partial charge in [-0.05, 0) is 63.8 Å². The predicted octanol–water partition coefficient (Wildman–Crippen LogP) is 1.68. The third kappa shape index (κ3) is 4.39. The van der Waals surface area contributed by atoms with Crippen LogP contribution in [0.25, 0.3) is 0 Å². The van der Waals surface area contributed by atoms with Crippen LogP contribution in [0.1, 0.15) is 49.9 Å². The molecule has 2 N–H and O–H groups in total. The SMILES string of the molecule is CC(=O)c1ccc(NC(=O)[C@@H](C)[NH+]2CCCCCC2)cc1. The quantitative estimate of drug-likeness (QED) is 0.829. The molecular weight excluding hydrogens is 264 g/mol. The van der Waals surface area contributed by atoms with Crippen molar-refractivity contribution >= 4 is 17.4 Å². The summed E-state index contributed by atoms with van der Waals surface area (Å²) in [5, 5.41) is 2.95. The minimum absolute atomic E-state index is 0.0319. The average molecular weight is 289 g/mol. The van der Waals surface area contributed by atoms with Crippen LogP contribution >= 0.6 is 0 Å². The lowest BCUT2D eigenvalue weighted by Crippen LogP contribution is -3.16. The van der Waals surface area contributed by atoms with E-state index in [0.29, 0.717) is 5.56 Å². The maximum absolute atomic E-state index is 12.3. The molecule has 1 atom stereocenters. The molecule has 1 aliphatic heterocycles. The molecule has 0 spiro atoms. The van der Waals surface area contributed by atoms with Crippen molar-refractivity contribution in [3.63, 3.8) is 0 Å².